The molecule has 1 aromatic rings. The number of aliphatic hydroxyl groups is 1. The Hall–Kier alpha value is -0.790. The van der Waals surface area contributed by atoms with Gasteiger partial charge in [0.2, 0.25) is 0 Å². The molecule has 4 N–H and O–H groups in total. The number of carbonyl (C=O) groups is 1. The molecule has 0 radical (unpaired) electrons. The van der Waals surface area contributed by atoms with E-state index in [1.807, 2.05) is 6.26 Å². The summed E-state index contributed by atoms with van der Waals surface area (Å²) in [5.74, 6) is -0.342. The predicted octanol–water partition coefficient (Wildman–Crippen LogP) is 0.558. The van der Waals surface area contributed by atoms with Gasteiger partial charge in [-0.2, -0.15) is 0 Å². The number of rotatable bonds is 4. The molecule has 5 nitrogen and oxygen atoms in total. The second-order valence-electron chi connectivity index (χ2n) is 2.95. The second kappa shape index (κ2) is 5.34. The van der Waals surface area contributed by atoms with Crippen molar-refractivity contribution in [3.63, 3.8) is 0 Å². The molecule has 0 saturated carbocycles. The Morgan fingerprint density at radius 2 is 2.47 bits per heavy atom. The lowest BCUT2D eigenvalue weighted by molar-refractivity contribution is 0.0918. The van der Waals surface area contributed by atoms with Crippen molar-refractivity contribution in [2.45, 2.75) is 17.3 Å². The zero-order valence-corrected chi connectivity index (χ0v) is 10.1. The summed E-state index contributed by atoms with van der Waals surface area (Å²) in [4.78, 5) is 15.7. The third-order valence-electron chi connectivity index (χ3n) is 1.67. The third-order valence-corrected chi connectivity index (χ3v) is 3.54. The molecule has 0 aliphatic rings. The number of thiazole rings is 1. The van der Waals surface area contributed by atoms with Crippen LogP contribution in [0.4, 0.5) is 5.00 Å². The molecule has 1 unspecified atom stereocenters. The molecule has 1 heterocycles. The largest absolute Gasteiger partial charge is 0.394 e. The molecule has 84 valence electrons. The normalized spacial score (nSPS) is 12.5. The summed E-state index contributed by atoms with van der Waals surface area (Å²) in [6.07, 6.45) is 1.87. The zero-order valence-electron chi connectivity index (χ0n) is 8.48. The van der Waals surface area contributed by atoms with Crippen molar-refractivity contribution in [3.05, 3.63) is 5.69 Å². The lowest BCUT2D eigenvalue weighted by Gasteiger charge is -2.09. The van der Waals surface area contributed by atoms with E-state index in [0.717, 1.165) is 4.34 Å². The van der Waals surface area contributed by atoms with Crippen molar-refractivity contribution >= 4 is 34.0 Å². The van der Waals surface area contributed by atoms with Gasteiger partial charge in [0, 0.05) is 6.04 Å². The van der Waals surface area contributed by atoms with Crippen LogP contribution in [0.3, 0.4) is 0 Å². The summed E-state index contributed by atoms with van der Waals surface area (Å²) in [5, 5.41) is 11.8. The van der Waals surface area contributed by atoms with Crippen molar-refractivity contribution in [2.75, 3.05) is 18.6 Å². The van der Waals surface area contributed by atoms with Crippen LogP contribution in [-0.4, -0.2) is 34.9 Å². The van der Waals surface area contributed by atoms with Gasteiger partial charge in [0.1, 0.15) is 5.00 Å². The Morgan fingerprint density at radius 3 is 2.93 bits per heavy atom. The number of nitrogens with two attached hydrogens (primary N) is 1. The summed E-state index contributed by atoms with van der Waals surface area (Å²) >= 11 is 2.73. The topological polar surface area (TPSA) is 88.2 Å². The molecule has 0 aromatic carbocycles. The van der Waals surface area contributed by atoms with Crippen molar-refractivity contribution < 1.29 is 9.90 Å². The molecule has 1 rings (SSSR count). The number of anilines is 1. The van der Waals surface area contributed by atoms with E-state index in [4.69, 9.17) is 10.8 Å². The van der Waals surface area contributed by atoms with Crippen LogP contribution in [0.5, 0.6) is 0 Å². The number of nitrogen functional groups attached to an aromatic ring is 1. The molecule has 0 saturated heterocycles. The molecule has 1 amide bonds. The number of nitrogens with one attached hydrogen (secondary N) is 1. The summed E-state index contributed by atoms with van der Waals surface area (Å²) in [5.41, 5.74) is 5.89. The van der Waals surface area contributed by atoms with Crippen LogP contribution in [0, 0.1) is 0 Å². The van der Waals surface area contributed by atoms with Gasteiger partial charge in [-0.3, -0.25) is 4.79 Å². The Kier molecular flexibility index (Phi) is 4.37. The van der Waals surface area contributed by atoms with E-state index in [1.165, 1.54) is 23.1 Å². The molecule has 0 fully saturated rings. The Balaban J connectivity index is 2.77. The average molecular weight is 247 g/mol. The van der Waals surface area contributed by atoms with E-state index in [2.05, 4.69) is 10.3 Å². The van der Waals surface area contributed by atoms with Crippen LogP contribution in [0.2, 0.25) is 0 Å². The zero-order chi connectivity index (χ0) is 11.4. The number of carbonyl (C=O) groups excluding carboxylic acids is 1. The van der Waals surface area contributed by atoms with E-state index >= 15 is 0 Å². The highest BCUT2D eigenvalue weighted by Gasteiger charge is 2.17. The average Bonchev–Trinajstić information content (AvgIpc) is 2.59. The first-order chi connectivity index (χ1) is 7.08. The summed E-state index contributed by atoms with van der Waals surface area (Å²) in [7, 11) is 0. The smallest absolute Gasteiger partial charge is 0.273 e. The minimum Gasteiger partial charge on any atom is -0.394 e. The van der Waals surface area contributed by atoms with Crippen molar-refractivity contribution in [2.24, 2.45) is 0 Å². The van der Waals surface area contributed by atoms with Gasteiger partial charge in [0.25, 0.3) is 5.91 Å². The lowest BCUT2D eigenvalue weighted by Crippen LogP contribution is -2.35. The molecule has 1 atom stereocenters. The summed E-state index contributed by atoms with van der Waals surface area (Å²) in [6.45, 7) is 1.60. The molecular formula is C8H13N3O2S2. The quantitative estimate of drug-likeness (QED) is 0.677. The third kappa shape index (κ3) is 3.08. The first-order valence-corrected chi connectivity index (χ1v) is 6.34. The van der Waals surface area contributed by atoms with Crippen molar-refractivity contribution in [1.82, 2.24) is 10.3 Å². The van der Waals surface area contributed by atoms with Gasteiger partial charge in [-0.25, -0.2) is 4.98 Å². The number of aromatic nitrogens is 1. The number of aliphatic hydroxyl groups excluding tert-OH is 1. The van der Waals surface area contributed by atoms with E-state index < -0.39 is 0 Å². The number of hydrogen-bond acceptors (Lipinski definition) is 6. The minimum absolute atomic E-state index is 0.106. The fourth-order valence-corrected chi connectivity index (χ4v) is 2.24. The maximum absolute atomic E-state index is 11.6. The number of nitrogens with zero attached hydrogens (tertiary/aromatic N) is 1. The number of hydrogen-bond donors (Lipinski definition) is 3. The van der Waals surface area contributed by atoms with Gasteiger partial charge >= 0.3 is 0 Å². The highest BCUT2D eigenvalue weighted by Crippen LogP contribution is 2.27. The molecule has 1 aromatic heterocycles. The maximum atomic E-state index is 11.6. The Bertz CT molecular complexity index is 354. The van der Waals surface area contributed by atoms with Gasteiger partial charge in [-0.1, -0.05) is 23.1 Å². The number of amides is 1. The Morgan fingerprint density at radius 1 is 1.80 bits per heavy atom. The Labute approximate surface area is 96.1 Å². The molecule has 0 spiro atoms. The summed E-state index contributed by atoms with van der Waals surface area (Å²) in [6, 6.07) is -0.295. The molecule has 0 aliphatic carbocycles. The van der Waals surface area contributed by atoms with Gasteiger partial charge in [-0.15, -0.1) is 0 Å². The first kappa shape index (κ1) is 12.3. The molecule has 15 heavy (non-hydrogen) atoms. The van der Waals surface area contributed by atoms with E-state index in [0.29, 0.717) is 5.00 Å². The van der Waals surface area contributed by atoms with Gasteiger partial charge < -0.3 is 16.2 Å². The van der Waals surface area contributed by atoms with Crippen LogP contribution < -0.4 is 11.1 Å². The first-order valence-electron chi connectivity index (χ1n) is 4.30. The number of thioether (sulfide) groups is 1. The maximum Gasteiger partial charge on any atom is 0.273 e. The monoisotopic (exact) mass is 247 g/mol. The van der Waals surface area contributed by atoms with E-state index in [1.54, 1.807) is 6.92 Å². The van der Waals surface area contributed by atoms with Gasteiger partial charge in [0.05, 0.1) is 6.61 Å². The summed E-state index contributed by atoms with van der Waals surface area (Å²) < 4.78 is 0.759. The molecule has 0 bridgehead atoms. The lowest BCUT2D eigenvalue weighted by atomic mass is 10.3. The minimum atomic E-state index is -0.342. The second-order valence-corrected chi connectivity index (χ2v) is 5.04. The van der Waals surface area contributed by atoms with Crippen LogP contribution in [-0.2, 0) is 0 Å². The van der Waals surface area contributed by atoms with E-state index in [9.17, 15) is 4.79 Å². The van der Waals surface area contributed by atoms with Crippen LogP contribution >= 0.6 is 23.1 Å². The standard InChI is InChI=1S/C8H13N3O2S2/c1-4(3-12)10-7(13)5-6(9)15-8(11-5)14-2/h4,12H,3,9H2,1-2H3,(H,10,13). The molecule has 0 aliphatic heterocycles. The highest BCUT2D eigenvalue weighted by molar-refractivity contribution is 8.00. The molecular weight excluding hydrogens is 234 g/mol. The fraction of sp³-hybridized carbons (Fsp3) is 0.500. The molecule has 7 heteroatoms. The highest BCUT2D eigenvalue weighted by atomic mass is 32.2. The predicted molar refractivity (Wildman–Crippen MR) is 62.3 cm³/mol. The van der Waals surface area contributed by atoms with Crippen LogP contribution in [0.1, 0.15) is 17.4 Å². The van der Waals surface area contributed by atoms with E-state index in [-0.39, 0.29) is 24.2 Å². The fourth-order valence-electron chi connectivity index (χ4n) is 0.899. The van der Waals surface area contributed by atoms with Crippen LogP contribution in [0.25, 0.3) is 0 Å². The van der Waals surface area contributed by atoms with Crippen molar-refractivity contribution in [3.8, 4) is 0 Å². The van der Waals surface area contributed by atoms with Gasteiger partial charge in [-0.05, 0) is 13.2 Å². The SMILES string of the molecule is CSc1nc(C(=O)NC(C)CO)c(N)s1. The van der Waals surface area contributed by atoms with Crippen LogP contribution in [0.15, 0.2) is 4.34 Å². The van der Waals surface area contributed by atoms with Gasteiger partial charge in [0.15, 0.2) is 10.0 Å². The van der Waals surface area contributed by atoms with Crippen molar-refractivity contribution in [1.29, 1.82) is 0 Å².